The highest BCUT2D eigenvalue weighted by Gasteiger charge is 2.26. The molecule has 1 atom stereocenters. The van der Waals surface area contributed by atoms with E-state index < -0.39 is 0 Å². The number of hydrogen-bond acceptors (Lipinski definition) is 1. The van der Waals surface area contributed by atoms with Gasteiger partial charge in [-0.15, -0.1) is 0 Å². The average Bonchev–Trinajstić information content (AvgIpc) is 3.19. The number of fused-ring (bicyclic) bond motifs is 4. The van der Waals surface area contributed by atoms with Crippen LogP contribution in [0.5, 0.6) is 0 Å². The van der Waals surface area contributed by atoms with Crippen LogP contribution in [0.15, 0.2) is 194 Å². The van der Waals surface area contributed by atoms with Gasteiger partial charge in [-0.25, -0.2) is 0 Å². The minimum atomic E-state index is 0.365. The predicted octanol–water partition coefficient (Wildman–Crippen LogP) is 13.0. The van der Waals surface area contributed by atoms with Crippen molar-refractivity contribution in [1.29, 1.82) is 0 Å². The molecule has 9 rings (SSSR count). The lowest BCUT2D eigenvalue weighted by Crippen LogP contribution is -2.12. The summed E-state index contributed by atoms with van der Waals surface area (Å²) >= 11 is 0. The first-order chi connectivity index (χ1) is 24.3. The number of nitrogens with zero attached hydrogens (tertiary/aromatic N) is 1. The average molecular weight is 626 g/mol. The van der Waals surface area contributed by atoms with Crippen LogP contribution in [0.3, 0.4) is 0 Å². The van der Waals surface area contributed by atoms with Crippen molar-refractivity contribution in [3.05, 3.63) is 211 Å². The van der Waals surface area contributed by atoms with Crippen LogP contribution in [0.25, 0.3) is 44.2 Å². The number of rotatable bonds is 6. The molecule has 49 heavy (non-hydrogen) atoms. The number of hydrogen-bond donors (Lipinski definition) is 0. The largest absolute Gasteiger partial charge is 0.310 e. The molecule has 0 unspecified atom stereocenters. The number of benzene rings is 8. The maximum absolute atomic E-state index is 2.40. The van der Waals surface area contributed by atoms with Crippen LogP contribution in [0, 0.1) is 0 Å². The molecular weight excluding hydrogens is 591 g/mol. The summed E-state index contributed by atoms with van der Waals surface area (Å²) < 4.78 is 0. The molecule has 0 bridgehead atoms. The van der Waals surface area contributed by atoms with Gasteiger partial charge in [0, 0.05) is 22.7 Å². The topological polar surface area (TPSA) is 3.24 Å². The van der Waals surface area contributed by atoms with Crippen molar-refractivity contribution in [3.63, 3.8) is 0 Å². The van der Waals surface area contributed by atoms with E-state index in [0.29, 0.717) is 5.92 Å². The molecule has 0 N–H and O–H groups in total. The van der Waals surface area contributed by atoms with Crippen molar-refractivity contribution in [1.82, 2.24) is 0 Å². The Hall–Kier alpha value is -6.18. The minimum Gasteiger partial charge on any atom is -0.310 e. The Morgan fingerprint density at radius 2 is 0.980 bits per heavy atom. The van der Waals surface area contributed by atoms with E-state index in [1.54, 1.807) is 0 Å². The molecule has 1 heteroatoms. The molecule has 1 aliphatic rings. The third-order valence-electron chi connectivity index (χ3n) is 10.1. The smallest absolute Gasteiger partial charge is 0.0540 e. The zero-order valence-corrected chi connectivity index (χ0v) is 27.2. The molecule has 0 heterocycles. The van der Waals surface area contributed by atoms with Crippen molar-refractivity contribution in [2.75, 3.05) is 4.90 Å². The molecule has 232 valence electrons. The molecule has 0 aromatic heterocycles. The maximum atomic E-state index is 2.40. The zero-order valence-electron chi connectivity index (χ0n) is 27.2. The second kappa shape index (κ2) is 12.4. The van der Waals surface area contributed by atoms with E-state index in [0.717, 1.165) is 17.8 Å². The molecule has 1 nitrogen and oxygen atoms in total. The van der Waals surface area contributed by atoms with Gasteiger partial charge < -0.3 is 4.90 Å². The maximum Gasteiger partial charge on any atom is 0.0540 e. The second-order valence-electron chi connectivity index (χ2n) is 12.9. The number of anilines is 3. The van der Waals surface area contributed by atoms with E-state index in [1.807, 2.05) is 0 Å². The van der Waals surface area contributed by atoms with Crippen LogP contribution in [-0.4, -0.2) is 0 Å². The summed E-state index contributed by atoms with van der Waals surface area (Å²) in [6.45, 7) is 0. The molecule has 0 saturated carbocycles. The summed E-state index contributed by atoms with van der Waals surface area (Å²) in [5, 5.41) is 2.46. The van der Waals surface area contributed by atoms with Gasteiger partial charge in [0.1, 0.15) is 0 Å². The third-order valence-corrected chi connectivity index (χ3v) is 10.1. The Balaban J connectivity index is 1.04. The van der Waals surface area contributed by atoms with Crippen LogP contribution in [0.2, 0.25) is 0 Å². The first-order valence-corrected chi connectivity index (χ1v) is 17.1. The molecule has 0 aliphatic heterocycles. The van der Waals surface area contributed by atoms with Crippen molar-refractivity contribution in [2.24, 2.45) is 0 Å². The van der Waals surface area contributed by atoms with Gasteiger partial charge in [-0.2, -0.15) is 0 Å². The first kappa shape index (κ1) is 29.0. The van der Waals surface area contributed by atoms with Gasteiger partial charge in [0.15, 0.2) is 0 Å². The third kappa shape index (κ3) is 5.40. The van der Waals surface area contributed by atoms with E-state index in [4.69, 9.17) is 0 Å². The van der Waals surface area contributed by atoms with E-state index in [9.17, 15) is 0 Å². The summed E-state index contributed by atoms with van der Waals surface area (Å²) in [7, 11) is 0. The minimum absolute atomic E-state index is 0.365. The molecular formula is C48H35N. The van der Waals surface area contributed by atoms with Gasteiger partial charge in [-0.3, -0.25) is 0 Å². The van der Waals surface area contributed by atoms with Gasteiger partial charge in [0.2, 0.25) is 0 Å². The highest BCUT2D eigenvalue weighted by Crippen LogP contribution is 2.44. The van der Waals surface area contributed by atoms with Crippen molar-refractivity contribution in [2.45, 2.75) is 12.3 Å². The van der Waals surface area contributed by atoms with Gasteiger partial charge in [0.25, 0.3) is 0 Å². The van der Waals surface area contributed by atoms with Crippen LogP contribution in [0.4, 0.5) is 17.1 Å². The molecule has 0 radical (unpaired) electrons. The molecule has 0 amide bonds. The van der Waals surface area contributed by atoms with Crippen LogP contribution in [0.1, 0.15) is 22.6 Å². The van der Waals surface area contributed by atoms with E-state index in [-0.39, 0.29) is 0 Å². The fourth-order valence-corrected chi connectivity index (χ4v) is 7.61. The SMILES string of the molecule is c1ccc([C@@H]2Cc3ccccc3-c3cc(-c4ccc(-c5ccc(N(c6ccccc6)c6cccc7ccccc67)cc5)cc4)ccc32)cc1. The van der Waals surface area contributed by atoms with Gasteiger partial charge in [-0.1, -0.05) is 158 Å². The Kier molecular flexibility index (Phi) is 7.37. The molecule has 8 aromatic rings. The monoisotopic (exact) mass is 625 g/mol. The molecule has 8 aromatic carbocycles. The zero-order chi connectivity index (χ0) is 32.6. The van der Waals surface area contributed by atoms with Gasteiger partial charge >= 0.3 is 0 Å². The fraction of sp³-hybridized carbons (Fsp3) is 0.0417. The lowest BCUT2D eigenvalue weighted by atomic mass is 9.75. The quantitative estimate of drug-likeness (QED) is 0.178. The van der Waals surface area contributed by atoms with Crippen LogP contribution < -0.4 is 4.90 Å². The summed E-state index contributed by atoms with van der Waals surface area (Å²) in [4.78, 5) is 2.35. The van der Waals surface area contributed by atoms with Crippen molar-refractivity contribution < 1.29 is 0 Å². The standard InChI is InChI=1S/C48H35N/c1-3-12-38(13-4-1)46-33-40-15-8-9-19-43(40)47-32-39(28-31-45(46)47)36-24-22-34(23-25-36)35-26-29-42(30-27-35)49(41-17-5-2-6-18-41)48-21-11-16-37-14-7-10-20-44(37)48/h1-32,46H,33H2/t46-/m0/s1. The normalized spacial score (nSPS) is 13.4. The first-order valence-electron chi connectivity index (χ1n) is 17.1. The molecule has 0 saturated heterocycles. The lowest BCUT2D eigenvalue weighted by Gasteiger charge is -2.29. The summed E-state index contributed by atoms with van der Waals surface area (Å²) in [6, 6.07) is 70.7. The number of para-hydroxylation sites is 1. The Labute approximate surface area is 288 Å². The van der Waals surface area contributed by atoms with Crippen molar-refractivity contribution >= 4 is 27.8 Å². The van der Waals surface area contributed by atoms with Gasteiger partial charge in [-0.05, 0) is 98.3 Å². The molecule has 0 fully saturated rings. The Bertz CT molecular complexity index is 2390. The van der Waals surface area contributed by atoms with Crippen LogP contribution >= 0.6 is 0 Å². The van der Waals surface area contributed by atoms with E-state index in [2.05, 4.69) is 199 Å². The molecule has 1 aliphatic carbocycles. The summed E-state index contributed by atoms with van der Waals surface area (Å²) in [6.07, 6.45) is 1.03. The highest BCUT2D eigenvalue weighted by atomic mass is 15.1. The van der Waals surface area contributed by atoms with Crippen LogP contribution in [-0.2, 0) is 6.42 Å². The second-order valence-corrected chi connectivity index (χ2v) is 12.9. The Morgan fingerprint density at radius 1 is 0.408 bits per heavy atom. The lowest BCUT2D eigenvalue weighted by molar-refractivity contribution is 0.794. The summed E-state index contributed by atoms with van der Waals surface area (Å²) in [5.41, 5.74) is 15.2. The summed E-state index contributed by atoms with van der Waals surface area (Å²) in [5.74, 6) is 0.365. The van der Waals surface area contributed by atoms with E-state index in [1.165, 1.54) is 66.5 Å². The Morgan fingerprint density at radius 3 is 1.76 bits per heavy atom. The molecule has 0 spiro atoms. The van der Waals surface area contributed by atoms with Gasteiger partial charge in [0.05, 0.1) is 5.69 Å². The fourth-order valence-electron chi connectivity index (χ4n) is 7.61. The van der Waals surface area contributed by atoms with E-state index >= 15 is 0 Å². The highest BCUT2D eigenvalue weighted by molar-refractivity contribution is 5.99. The predicted molar refractivity (Wildman–Crippen MR) is 207 cm³/mol. The van der Waals surface area contributed by atoms with Crippen molar-refractivity contribution in [3.8, 4) is 33.4 Å².